The molecule has 0 radical (unpaired) electrons. The van der Waals surface area contributed by atoms with Gasteiger partial charge in [0.25, 0.3) is 0 Å². The average Bonchev–Trinajstić information content (AvgIpc) is 3.35. The van der Waals surface area contributed by atoms with Crippen LogP contribution in [0.15, 0.2) is 33.3 Å². The fraction of sp³-hybridized carbons (Fsp3) is 0.462. The Kier molecular flexibility index (Phi) is 7.76. The van der Waals surface area contributed by atoms with Crippen molar-refractivity contribution in [2.45, 2.75) is 71.1 Å². The number of aromatic nitrogens is 2. The number of amides is 1. The Morgan fingerprint density at radius 3 is 2.56 bits per heavy atom. The first-order valence-electron chi connectivity index (χ1n) is 11.9. The van der Waals surface area contributed by atoms with E-state index in [4.69, 9.17) is 32.2 Å². The van der Waals surface area contributed by atoms with E-state index in [0.29, 0.717) is 39.3 Å². The van der Waals surface area contributed by atoms with Crippen molar-refractivity contribution in [3.8, 4) is 11.5 Å². The van der Waals surface area contributed by atoms with Crippen LogP contribution in [0.2, 0.25) is 10.0 Å². The fourth-order valence-electron chi connectivity index (χ4n) is 4.23. The van der Waals surface area contributed by atoms with Crippen molar-refractivity contribution < 1.29 is 23.7 Å². The average molecular weight is 534 g/mol. The van der Waals surface area contributed by atoms with Crippen molar-refractivity contribution in [1.82, 2.24) is 10.3 Å². The second-order valence-corrected chi connectivity index (χ2v) is 11.4. The van der Waals surface area contributed by atoms with E-state index in [-0.39, 0.29) is 36.5 Å². The normalized spacial score (nSPS) is 14.6. The molecule has 4 rings (SSSR count). The molecule has 0 bridgehead atoms. The van der Waals surface area contributed by atoms with Crippen molar-refractivity contribution >= 4 is 40.8 Å². The summed E-state index contributed by atoms with van der Waals surface area (Å²) in [6.45, 7) is 6.35. The number of rotatable bonds is 10. The largest absolute Gasteiger partial charge is 0.481 e. The molecule has 1 aliphatic rings. The van der Waals surface area contributed by atoms with E-state index in [1.165, 1.54) is 0 Å². The number of anilines is 1. The predicted octanol–water partition coefficient (Wildman–Crippen LogP) is 7.08. The summed E-state index contributed by atoms with van der Waals surface area (Å²) in [7, 11) is 0. The van der Waals surface area contributed by atoms with Crippen LogP contribution in [0, 0.1) is 5.41 Å². The standard InChI is InChI=1S/C26H29Cl2N3O5/c1-26(2,3)13-17-12-20(30-35-17)25-23(14-4-5-14)24(31-36-25)15(6-9-22(33)34)10-21(32)29-19-8-7-16(27)11-18(19)28/h7-8,11-12,14-15H,4-6,9-10,13H2,1-3H3,(H,29,32)(H,33,34). The number of carbonyl (C=O) groups excluding carboxylic acids is 1. The zero-order valence-electron chi connectivity index (χ0n) is 20.4. The van der Waals surface area contributed by atoms with Gasteiger partial charge in [-0.3, -0.25) is 9.59 Å². The van der Waals surface area contributed by atoms with E-state index in [9.17, 15) is 14.7 Å². The van der Waals surface area contributed by atoms with E-state index < -0.39 is 11.9 Å². The van der Waals surface area contributed by atoms with E-state index in [1.807, 2.05) is 6.07 Å². The molecule has 0 aliphatic heterocycles. The highest BCUT2D eigenvalue weighted by atomic mass is 35.5. The lowest BCUT2D eigenvalue weighted by molar-refractivity contribution is -0.137. The van der Waals surface area contributed by atoms with Gasteiger partial charge in [-0.15, -0.1) is 0 Å². The quantitative estimate of drug-likeness (QED) is 0.285. The minimum absolute atomic E-state index is 0.0199. The second-order valence-electron chi connectivity index (χ2n) is 10.5. The van der Waals surface area contributed by atoms with Crippen LogP contribution >= 0.6 is 23.2 Å². The molecule has 1 fully saturated rings. The Hall–Kier alpha value is -2.84. The van der Waals surface area contributed by atoms with Gasteiger partial charge in [-0.05, 0) is 48.8 Å². The number of aliphatic carboxylic acids is 1. The van der Waals surface area contributed by atoms with Crippen molar-refractivity contribution in [1.29, 1.82) is 0 Å². The minimum Gasteiger partial charge on any atom is -0.481 e. The number of carboxylic acids is 1. The van der Waals surface area contributed by atoms with Gasteiger partial charge in [-0.1, -0.05) is 54.3 Å². The molecule has 2 N–H and O–H groups in total. The molecule has 1 amide bonds. The maximum Gasteiger partial charge on any atom is 0.303 e. The maximum absolute atomic E-state index is 13.0. The van der Waals surface area contributed by atoms with Gasteiger partial charge in [0, 0.05) is 41.8 Å². The number of halogens is 2. The first-order chi connectivity index (χ1) is 17.0. The summed E-state index contributed by atoms with van der Waals surface area (Å²) in [4.78, 5) is 24.3. The van der Waals surface area contributed by atoms with Crippen molar-refractivity contribution in [2.75, 3.05) is 5.32 Å². The maximum atomic E-state index is 13.0. The van der Waals surface area contributed by atoms with Crippen LogP contribution in [0.25, 0.3) is 11.5 Å². The summed E-state index contributed by atoms with van der Waals surface area (Å²) in [6.07, 6.45) is 2.79. The van der Waals surface area contributed by atoms with Crippen LogP contribution in [0.4, 0.5) is 5.69 Å². The van der Waals surface area contributed by atoms with E-state index >= 15 is 0 Å². The van der Waals surface area contributed by atoms with Gasteiger partial charge < -0.3 is 19.5 Å². The van der Waals surface area contributed by atoms with Crippen LogP contribution < -0.4 is 5.32 Å². The summed E-state index contributed by atoms with van der Waals surface area (Å²) in [5.41, 5.74) is 2.51. The Labute approximate surface area is 219 Å². The predicted molar refractivity (Wildman–Crippen MR) is 136 cm³/mol. The smallest absolute Gasteiger partial charge is 0.303 e. The number of benzene rings is 1. The van der Waals surface area contributed by atoms with Crippen LogP contribution in [-0.4, -0.2) is 27.3 Å². The third-order valence-electron chi connectivity index (χ3n) is 5.97. The summed E-state index contributed by atoms with van der Waals surface area (Å²) in [5.74, 6) is -0.209. The summed E-state index contributed by atoms with van der Waals surface area (Å²) in [6, 6.07) is 6.66. The molecular formula is C26H29Cl2N3O5. The molecule has 10 heteroatoms. The van der Waals surface area contributed by atoms with Crippen molar-refractivity contribution in [3.05, 3.63) is 51.3 Å². The molecule has 2 heterocycles. The van der Waals surface area contributed by atoms with E-state index in [0.717, 1.165) is 24.2 Å². The Balaban J connectivity index is 1.60. The second kappa shape index (κ2) is 10.6. The molecule has 1 saturated carbocycles. The highest BCUT2D eigenvalue weighted by Gasteiger charge is 2.37. The van der Waals surface area contributed by atoms with Crippen LogP contribution in [0.1, 0.15) is 81.7 Å². The number of nitrogens with one attached hydrogen (secondary N) is 1. The summed E-state index contributed by atoms with van der Waals surface area (Å²) in [5, 5.41) is 21.4. The van der Waals surface area contributed by atoms with Crippen molar-refractivity contribution in [2.24, 2.45) is 5.41 Å². The van der Waals surface area contributed by atoms with Crippen LogP contribution in [0.3, 0.4) is 0 Å². The molecule has 0 spiro atoms. The lowest BCUT2D eigenvalue weighted by Crippen LogP contribution is -2.17. The van der Waals surface area contributed by atoms with Gasteiger partial charge in [0.2, 0.25) is 5.91 Å². The number of carbonyl (C=O) groups is 2. The SMILES string of the molecule is CC(C)(C)Cc1cc(-c2onc(C(CCC(=O)O)CC(=O)Nc3ccc(Cl)cc3Cl)c2C2CC2)no1. The van der Waals surface area contributed by atoms with Crippen LogP contribution in [-0.2, 0) is 16.0 Å². The van der Waals surface area contributed by atoms with E-state index in [1.54, 1.807) is 18.2 Å². The molecule has 1 aromatic carbocycles. The lowest BCUT2D eigenvalue weighted by Gasteiger charge is -2.16. The summed E-state index contributed by atoms with van der Waals surface area (Å²) < 4.78 is 11.3. The van der Waals surface area contributed by atoms with Gasteiger partial charge in [0.15, 0.2) is 11.5 Å². The first kappa shape index (κ1) is 26.2. The van der Waals surface area contributed by atoms with E-state index in [2.05, 4.69) is 36.4 Å². The van der Waals surface area contributed by atoms with Crippen LogP contribution in [0.5, 0.6) is 0 Å². The first-order valence-corrected chi connectivity index (χ1v) is 12.7. The third kappa shape index (κ3) is 6.68. The Morgan fingerprint density at radius 1 is 1.17 bits per heavy atom. The fourth-order valence-corrected chi connectivity index (χ4v) is 4.69. The Morgan fingerprint density at radius 2 is 1.92 bits per heavy atom. The highest BCUT2D eigenvalue weighted by molar-refractivity contribution is 6.36. The Bertz CT molecular complexity index is 1260. The number of carboxylic acid groups (broad SMARTS) is 1. The molecule has 192 valence electrons. The highest BCUT2D eigenvalue weighted by Crippen LogP contribution is 2.48. The zero-order valence-corrected chi connectivity index (χ0v) is 21.9. The molecular weight excluding hydrogens is 505 g/mol. The molecule has 2 aromatic heterocycles. The minimum atomic E-state index is -0.943. The molecule has 3 aromatic rings. The van der Waals surface area contributed by atoms with Gasteiger partial charge >= 0.3 is 5.97 Å². The zero-order chi connectivity index (χ0) is 26.0. The molecule has 1 aliphatic carbocycles. The third-order valence-corrected chi connectivity index (χ3v) is 6.52. The topological polar surface area (TPSA) is 118 Å². The number of nitrogens with zero attached hydrogens (tertiary/aromatic N) is 2. The number of hydrogen-bond donors (Lipinski definition) is 2. The molecule has 0 saturated heterocycles. The van der Waals surface area contributed by atoms with Gasteiger partial charge in [0.1, 0.15) is 5.76 Å². The molecule has 1 unspecified atom stereocenters. The summed E-state index contributed by atoms with van der Waals surface area (Å²) >= 11 is 12.1. The molecule has 1 atom stereocenters. The van der Waals surface area contributed by atoms with Gasteiger partial charge in [0.05, 0.1) is 16.4 Å². The van der Waals surface area contributed by atoms with Crippen molar-refractivity contribution in [3.63, 3.8) is 0 Å². The lowest BCUT2D eigenvalue weighted by atomic mass is 9.89. The molecule has 36 heavy (non-hydrogen) atoms. The van der Waals surface area contributed by atoms with Gasteiger partial charge in [-0.2, -0.15) is 0 Å². The monoisotopic (exact) mass is 533 g/mol. The number of hydrogen-bond acceptors (Lipinski definition) is 6. The molecule has 8 nitrogen and oxygen atoms in total. The van der Waals surface area contributed by atoms with Gasteiger partial charge in [-0.25, -0.2) is 0 Å².